The first-order valence-corrected chi connectivity index (χ1v) is 10.8. The van der Waals surface area contributed by atoms with Gasteiger partial charge >= 0.3 is 12.1 Å². The SMILES string of the molecule is Cc1csc(CN2CC3(CC(Oc4ncccc4F)CS3)C2)n1.O=C(O)C(F)(F)F. The van der Waals surface area contributed by atoms with Gasteiger partial charge in [-0.1, -0.05) is 0 Å². The second-order valence-electron chi connectivity index (χ2n) is 7.06. The van der Waals surface area contributed by atoms with Crippen molar-refractivity contribution in [2.24, 2.45) is 0 Å². The average molecular weight is 465 g/mol. The molecule has 2 aromatic rings. The van der Waals surface area contributed by atoms with Gasteiger partial charge in [0.15, 0.2) is 5.82 Å². The third-order valence-corrected chi connectivity index (χ3v) is 7.00. The first kappa shape index (κ1) is 22.8. The molecule has 1 unspecified atom stereocenters. The van der Waals surface area contributed by atoms with Crippen LogP contribution in [-0.4, -0.2) is 61.8 Å². The van der Waals surface area contributed by atoms with E-state index in [1.807, 2.05) is 18.7 Å². The number of carboxylic acids is 1. The molecule has 2 aliphatic heterocycles. The van der Waals surface area contributed by atoms with Gasteiger partial charge < -0.3 is 9.84 Å². The Morgan fingerprint density at radius 3 is 2.70 bits per heavy atom. The van der Waals surface area contributed by atoms with Crippen molar-refractivity contribution in [2.75, 3.05) is 18.8 Å². The van der Waals surface area contributed by atoms with Crippen molar-refractivity contribution in [3.63, 3.8) is 0 Å². The highest BCUT2D eigenvalue weighted by atomic mass is 32.2. The topological polar surface area (TPSA) is 75.5 Å². The second-order valence-corrected chi connectivity index (χ2v) is 9.49. The molecule has 0 aliphatic carbocycles. The summed E-state index contributed by atoms with van der Waals surface area (Å²) < 4.78 is 51.4. The fraction of sp³-hybridized carbons (Fsp3) is 0.500. The summed E-state index contributed by atoms with van der Waals surface area (Å²) in [7, 11) is 0. The number of ether oxygens (including phenoxy) is 1. The molecule has 0 bridgehead atoms. The molecule has 0 radical (unpaired) electrons. The summed E-state index contributed by atoms with van der Waals surface area (Å²) >= 11 is 3.68. The van der Waals surface area contributed by atoms with Crippen LogP contribution >= 0.6 is 23.1 Å². The summed E-state index contributed by atoms with van der Waals surface area (Å²) in [6, 6.07) is 2.97. The lowest BCUT2D eigenvalue weighted by Gasteiger charge is -2.47. The van der Waals surface area contributed by atoms with Gasteiger partial charge in [-0.25, -0.2) is 19.2 Å². The highest BCUT2D eigenvalue weighted by Crippen LogP contribution is 2.46. The molecule has 12 heteroatoms. The lowest BCUT2D eigenvalue weighted by atomic mass is 9.93. The van der Waals surface area contributed by atoms with E-state index in [1.54, 1.807) is 23.6 Å². The number of nitrogens with zero attached hydrogens (tertiary/aromatic N) is 3. The van der Waals surface area contributed by atoms with Crippen LogP contribution in [0.15, 0.2) is 23.7 Å². The number of aromatic nitrogens is 2. The van der Waals surface area contributed by atoms with Crippen LogP contribution in [0.2, 0.25) is 0 Å². The van der Waals surface area contributed by atoms with Crippen molar-refractivity contribution in [1.82, 2.24) is 14.9 Å². The molecule has 0 amide bonds. The molecule has 2 aromatic heterocycles. The van der Waals surface area contributed by atoms with Crippen molar-refractivity contribution in [2.45, 2.75) is 36.9 Å². The lowest BCUT2D eigenvalue weighted by Crippen LogP contribution is -2.58. The number of hydrogen-bond donors (Lipinski definition) is 1. The molecule has 6 nitrogen and oxygen atoms in total. The van der Waals surface area contributed by atoms with Crippen LogP contribution in [0.4, 0.5) is 17.6 Å². The number of aliphatic carboxylic acids is 1. The maximum absolute atomic E-state index is 13.6. The normalized spacial score (nSPS) is 20.4. The maximum Gasteiger partial charge on any atom is 0.490 e. The number of thioether (sulfide) groups is 1. The number of thiazole rings is 1. The van der Waals surface area contributed by atoms with Crippen molar-refractivity contribution in [3.05, 3.63) is 40.2 Å². The van der Waals surface area contributed by atoms with Gasteiger partial charge in [0, 0.05) is 47.3 Å². The van der Waals surface area contributed by atoms with Crippen LogP contribution in [0.5, 0.6) is 5.88 Å². The summed E-state index contributed by atoms with van der Waals surface area (Å²) in [6.45, 7) is 5.08. The van der Waals surface area contributed by atoms with E-state index in [1.165, 1.54) is 11.1 Å². The predicted molar refractivity (Wildman–Crippen MR) is 104 cm³/mol. The monoisotopic (exact) mass is 465 g/mol. The zero-order chi connectivity index (χ0) is 21.9. The maximum atomic E-state index is 13.6. The average Bonchev–Trinajstić information content (AvgIpc) is 3.23. The molecule has 2 aliphatic rings. The fourth-order valence-corrected chi connectivity index (χ4v) is 5.65. The van der Waals surface area contributed by atoms with Crippen molar-refractivity contribution in [1.29, 1.82) is 0 Å². The Labute approximate surface area is 178 Å². The first-order valence-electron chi connectivity index (χ1n) is 8.91. The number of hydrogen-bond acceptors (Lipinski definition) is 7. The van der Waals surface area contributed by atoms with Gasteiger partial charge in [0.1, 0.15) is 11.1 Å². The van der Waals surface area contributed by atoms with Gasteiger partial charge in [0.05, 0.1) is 6.54 Å². The molecule has 4 rings (SSSR count). The molecule has 0 saturated carbocycles. The Kier molecular flexibility index (Phi) is 6.88. The highest BCUT2D eigenvalue weighted by molar-refractivity contribution is 8.01. The third kappa shape index (κ3) is 5.82. The highest BCUT2D eigenvalue weighted by Gasteiger charge is 2.49. The first-order chi connectivity index (χ1) is 14.1. The second kappa shape index (κ2) is 9.06. The molecule has 1 N–H and O–H groups in total. The largest absolute Gasteiger partial charge is 0.490 e. The standard InChI is InChI=1S/C16H18FN3OS2.C2HF3O2/c1-11-7-22-14(19-11)6-20-9-16(10-20)5-12(8-23-16)21-15-13(17)3-2-4-18-15;3-2(4,5)1(6)7/h2-4,7,12H,5-6,8-10H2,1H3;(H,6,7). The van der Waals surface area contributed by atoms with E-state index in [2.05, 4.69) is 20.2 Å². The van der Waals surface area contributed by atoms with Gasteiger partial charge in [-0.05, 0) is 19.1 Å². The Balaban J connectivity index is 0.000000318. The Morgan fingerprint density at radius 2 is 2.13 bits per heavy atom. The van der Waals surface area contributed by atoms with E-state index in [9.17, 15) is 17.6 Å². The third-order valence-electron chi connectivity index (χ3n) is 4.47. The van der Waals surface area contributed by atoms with E-state index in [0.717, 1.165) is 37.5 Å². The Bertz CT molecular complexity index is 888. The molecule has 164 valence electrons. The van der Waals surface area contributed by atoms with Crippen LogP contribution < -0.4 is 4.74 Å². The predicted octanol–water partition coefficient (Wildman–Crippen LogP) is 3.76. The van der Waals surface area contributed by atoms with Crippen LogP contribution in [-0.2, 0) is 11.3 Å². The summed E-state index contributed by atoms with van der Waals surface area (Å²) in [6.07, 6.45) is -2.51. The van der Waals surface area contributed by atoms with Gasteiger partial charge in [0.25, 0.3) is 5.88 Å². The minimum atomic E-state index is -5.08. The van der Waals surface area contributed by atoms with E-state index >= 15 is 0 Å². The van der Waals surface area contributed by atoms with Gasteiger partial charge in [-0.2, -0.15) is 13.2 Å². The zero-order valence-corrected chi connectivity index (χ0v) is 17.5. The summed E-state index contributed by atoms with van der Waals surface area (Å²) in [5.41, 5.74) is 1.10. The number of rotatable bonds is 4. The van der Waals surface area contributed by atoms with Crippen LogP contribution in [0.25, 0.3) is 0 Å². The molecule has 2 saturated heterocycles. The Hall–Kier alpha value is -1.92. The molecular formula is C18H19F4N3O3S2. The van der Waals surface area contributed by atoms with E-state index in [4.69, 9.17) is 14.6 Å². The molecule has 4 heterocycles. The van der Waals surface area contributed by atoms with Crippen LogP contribution in [0, 0.1) is 12.7 Å². The Morgan fingerprint density at radius 1 is 1.43 bits per heavy atom. The molecule has 0 aromatic carbocycles. The molecule has 1 spiro atoms. The fourth-order valence-electron chi connectivity index (χ4n) is 3.26. The summed E-state index contributed by atoms with van der Waals surface area (Å²) in [4.78, 5) is 19.8. The van der Waals surface area contributed by atoms with Crippen LogP contribution in [0.3, 0.4) is 0 Å². The van der Waals surface area contributed by atoms with Gasteiger partial charge in [0.2, 0.25) is 0 Å². The number of aryl methyl sites for hydroxylation is 1. The number of carbonyl (C=O) groups is 1. The number of carboxylic acid groups (broad SMARTS) is 1. The van der Waals surface area contributed by atoms with Crippen molar-refractivity contribution >= 4 is 29.1 Å². The van der Waals surface area contributed by atoms with E-state index < -0.39 is 12.1 Å². The molecule has 2 fully saturated rings. The zero-order valence-electron chi connectivity index (χ0n) is 15.9. The van der Waals surface area contributed by atoms with E-state index in [-0.39, 0.29) is 22.5 Å². The minimum Gasteiger partial charge on any atom is -0.475 e. The van der Waals surface area contributed by atoms with Gasteiger partial charge in [-0.3, -0.25) is 4.90 Å². The van der Waals surface area contributed by atoms with Crippen molar-refractivity contribution < 1.29 is 32.2 Å². The number of alkyl halides is 3. The molecule has 1 atom stereocenters. The van der Waals surface area contributed by atoms with Crippen molar-refractivity contribution in [3.8, 4) is 5.88 Å². The number of pyridine rings is 1. The molecular weight excluding hydrogens is 446 g/mol. The van der Waals surface area contributed by atoms with E-state index in [0.29, 0.717) is 0 Å². The summed E-state index contributed by atoms with van der Waals surface area (Å²) in [5.74, 6) is -2.11. The van der Waals surface area contributed by atoms with Gasteiger partial charge in [-0.15, -0.1) is 23.1 Å². The number of halogens is 4. The minimum absolute atomic E-state index is 0.0497. The lowest BCUT2D eigenvalue weighted by molar-refractivity contribution is -0.192. The molecule has 30 heavy (non-hydrogen) atoms. The smallest absolute Gasteiger partial charge is 0.475 e. The number of likely N-dealkylation sites (tertiary alicyclic amines) is 1. The van der Waals surface area contributed by atoms with Crippen LogP contribution in [0.1, 0.15) is 17.1 Å². The quantitative estimate of drug-likeness (QED) is 0.689. The summed E-state index contributed by atoms with van der Waals surface area (Å²) in [5, 5.41) is 10.4.